The smallest absolute Gasteiger partial charge is 0.274 e. The van der Waals surface area contributed by atoms with Crippen molar-refractivity contribution in [3.05, 3.63) is 72.2 Å². The maximum atomic E-state index is 14.3. The number of anilines is 2. The Morgan fingerprint density at radius 3 is 2.74 bits per heavy atom. The Labute approximate surface area is 177 Å². The van der Waals surface area contributed by atoms with E-state index in [4.69, 9.17) is 5.73 Å². The molecule has 2 unspecified atom stereocenters. The summed E-state index contributed by atoms with van der Waals surface area (Å²) in [5, 5.41) is 12.6. The first kappa shape index (κ1) is 20.8. The highest BCUT2D eigenvalue weighted by atomic mass is 19.1. The molecule has 2 atom stereocenters. The molecule has 9 heteroatoms. The van der Waals surface area contributed by atoms with Crippen molar-refractivity contribution < 1.29 is 18.7 Å². The van der Waals surface area contributed by atoms with Crippen LogP contribution in [-0.4, -0.2) is 46.2 Å². The second-order valence-electron chi connectivity index (χ2n) is 7.32. The largest absolute Gasteiger partial charge is 0.391 e. The highest BCUT2D eigenvalue weighted by molar-refractivity contribution is 6.04. The summed E-state index contributed by atoms with van der Waals surface area (Å²) >= 11 is 0. The first-order valence-electron chi connectivity index (χ1n) is 9.79. The summed E-state index contributed by atoms with van der Waals surface area (Å²) < 4.78 is 28.4. The number of pyridine rings is 2. The number of piperidine rings is 1. The van der Waals surface area contributed by atoms with Crippen LogP contribution in [0.5, 0.6) is 0 Å². The molecule has 3 heterocycles. The van der Waals surface area contributed by atoms with E-state index >= 15 is 0 Å². The van der Waals surface area contributed by atoms with Crippen molar-refractivity contribution in [3.63, 3.8) is 0 Å². The number of amides is 1. The van der Waals surface area contributed by atoms with Gasteiger partial charge in [0.25, 0.3) is 5.91 Å². The molecule has 7 nitrogen and oxygen atoms in total. The van der Waals surface area contributed by atoms with Gasteiger partial charge in [-0.25, -0.2) is 13.8 Å². The average Bonchev–Trinajstić information content (AvgIpc) is 2.77. The zero-order valence-electron chi connectivity index (χ0n) is 16.5. The number of aliphatic hydroxyl groups is 1. The number of aliphatic hydroxyl groups excluding tert-OH is 1. The van der Waals surface area contributed by atoms with Crippen LogP contribution in [0.15, 0.2) is 54.9 Å². The Morgan fingerprint density at radius 2 is 1.97 bits per heavy atom. The molecule has 1 saturated heterocycles. The quantitative estimate of drug-likeness (QED) is 0.594. The van der Waals surface area contributed by atoms with Gasteiger partial charge in [0.1, 0.15) is 23.0 Å². The minimum absolute atomic E-state index is 0.0300. The molecule has 1 aliphatic heterocycles. The molecule has 0 bridgehead atoms. The summed E-state index contributed by atoms with van der Waals surface area (Å²) in [6.07, 6.45) is 3.01. The number of benzene rings is 1. The molecular weight excluding hydrogens is 404 g/mol. The van der Waals surface area contributed by atoms with E-state index in [0.29, 0.717) is 30.9 Å². The molecule has 31 heavy (non-hydrogen) atoms. The molecular formula is C22H21F2N5O2. The molecule has 1 aromatic carbocycles. The fourth-order valence-electron chi connectivity index (χ4n) is 3.54. The van der Waals surface area contributed by atoms with Crippen molar-refractivity contribution in [2.75, 3.05) is 23.3 Å². The van der Waals surface area contributed by atoms with Crippen molar-refractivity contribution in [3.8, 4) is 11.3 Å². The van der Waals surface area contributed by atoms with E-state index in [1.165, 1.54) is 30.5 Å². The van der Waals surface area contributed by atoms with Gasteiger partial charge in [-0.1, -0.05) is 12.1 Å². The van der Waals surface area contributed by atoms with Gasteiger partial charge in [0.05, 0.1) is 23.7 Å². The molecule has 0 spiro atoms. The Balaban J connectivity index is 1.60. The van der Waals surface area contributed by atoms with Gasteiger partial charge in [-0.3, -0.25) is 9.78 Å². The molecule has 160 valence electrons. The molecule has 1 amide bonds. The third-order valence-corrected chi connectivity index (χ3v) is 5.21. The number of carbonyl (C=O) groups is 1. The van der Waals surface area contributed by atoms with E-state index < -0.39 is 29.7 Å². The second kappa shape index (κ2) is 8.75. The Kier molecular flexibility index (Phi) is 5.88. The second-order valence-corrected chi connectivity index (χ2v) is 7.32. The van der Waals surface area contributed by atoms with Crippen molar-refractivity contribution in [2.45, 2.75) is 18.6 Å². The Bertz CT molecular complexity index is 1110. The van der Waals surface area contributed by atoms with Gasteiger partial charge in [-0.05, 0) is 36.8 Å². The van der Waals surface area contributed by atoms with E-state index in [-0.39, 0.29) is 17.0 Å². The van der Waals surface area contributed by atoms with Crippen LogP contribution >= 0.6 is 0 Å². The topological polar surface area (TPSA) is 104 Å². The lowest BCUT2D eigenvalue weighted by Crippen LogP contribution is -2.51. The van der Waals surface area contributed by atoms with Crippen LogP contribution in [-0.2, 0) is 0 Å². The fourth-order valence-corrected chi connectivity index (χ4v) is 3.54. The van der Waals surface area contributed by atoms with Gasteiger partial charge in [0, 0.05) is 30.9 Å². The third-order valence-electron chi connectivity index (χ3n) is 5.21. The first-order valence-corrected chi connectivity index (χ1v) is 9.79. The van der Waals surface area contributed by atoms with Crippen LogP contribution in [0.4, 0.5) is 20.2 Å². The number of aromatic nitrogens is 2. The summed E-state index contributed by atoms with van der Waals surface area (Å²) in [6.45, 7) is 0.980. The molecule has 2 aromatic heterocycles. The summed E-state index contributed by atoms with van der Waals surface area (Å²) in [6, 6.07) is 9.30. The predicted molar refractivity (Wildman–Crippen MR) is 113 cm³/mol. The van der Waals surface area contributed by atoms with Crippen LogP contribution in [0, 0.1) is 11.6 Å². The van der Waals surface area contributed by atoms with E-state index in [9.17, 15) is 18.7 Å². The fraction of sp³-hybridized carbons (Fsp3) is 0.227. The van der Waals surface area contributed by atoms with Crippen LogP contribution in [0.2, 0.25) is 0 Å². The van der Waals surface area contributed by atoms with Crippen molar-refractivity contribution >= 4 is 17.3 Å². The number of carbonyl (C=O) groups excluding carboxylic acids is 1. The Hall–Kier alpha value is -3.43. The number of rotatable bonds is 4. The Morgan fingerprint density at radius 1 is 1.16 bits per heavy atom. The number of nitrogens with zero attached hydrogens (tertiary/aromatic N) is 3. The van der Waals surface area contributed by atoms with Gasteiger partial charge < -0.3 is 21.1 Å². The SMILES string of the molecule is NC1CN(c2ccncc2NC(=O)c2ccc(F)c(-c3ccccc3F)n2)CCC1O. The standard InChI is InChI=1S/C22H21F2N5O2/c23-14-4-2-1-3-13(14)21-15(24)5-6-17(27-21)22(31)28-18-11-26-9-7-19(18)29-10-8-20(30)16(25)12-29/h1-7,9,11,16,20,30H,8,10,12,25H2,(H,28,31). The maximum absolute atomic E-state index is 14.3. The predicted octanol–water partition coefficient (Wildman–Crippen LogP) is 2.57. The van der Waals surface area contributed by atoms with Crippen molar-refractivity contribution in [1.82, 2.24) is 9.97 Å². The van der Waals surface area contributed by atoms with E-state index in [2.05, 4.69) is 15.3 Å². The van der Waals surface area contributed by atoms with Gasteiger partial charge in [0.2, 0.25) is 0 Å². The number of nitrogens with two attached hydrogens (primary N) is 1. The van der Waals surface area contributed by atoms with Crippen molar-refractivity contribution in [2.24, 2.45) is 5.73 Å². The molecule has 3 aromatic rings. The van der Waals surface area contributed by atoms with Gasteiger partial charge in [-0.15, -0.1) is 0 Å². The number of hydrogen-bond donors (Lipinski definition) is 3. The van der Waals surface area contributed by atoms with Crippen LogP contribution in [0.3, 0.4) is 0 Å². The van der Waals surface area contributed by atoms with Gasteiger partial charge in [0.15, 0.2) is 0 Å². The van der Waals surface area contributed by atoms with Gasteiger partial charge >= 0.3 is 0 Å². The average molecular weight is 425 g/mol. The monoisotopic (exact) mass is 425 g/mol. The molecule has 0 radical (unpaired) electrons. The van der Waals surface area contributed by atoms with Gasteiger partial charge in [-0.2, -0.15) is 0 Å². The van der Waals surface area contributed by atoms with Crippen LogP contribution in [0.25, 0.3) is 11.3 Å². The lowest BCUT2D eigenvalue weighted by atomic mass is 10.0. The minimum Gasteiger partial charge on any atom is -0.391 e. The van der Waals surface area contributed by atoms with Crippen molar-refractivity contribution in [1.29, 1.82) is 0 Å². The lowest BCUT2D eigenvalue weighted by Gasteiger charge is -2.36. The molecule has 0 saturated carbocycles. The number of halogens is 2. The molecule has 4 N–H and O–H groups in total. The maximum Gasteiger partial charge on any atom is 0.274 e. The molecule has 0 aliphatic carbocycles. The van der Waals surface area contributed by atoms with Crippen LogP contribution < -0.4 is 16.0 Å². The molecule has 1 fully saturated rings. The third kappa shape index (κ3) is 4.37. The van der Waals surface area contributed by atoms with E-state index in [1.54, 1.807) is 18.3 Å². The summed E-state index contributed by atoms with van der Waals surface area (Å²) in [5.74, 6) is -1.96. The van der Waals surface area contributed by atoms with E-state index in [1.807, 2.05) is 4.90 Å². The first-order chi connectivity index (χ1) is 14.9. The highest BCUT2D eigenvalue weighted by Gasteiger charge is 2.26. The molecule has 4 rings (SSSR count). The number of nitrogens with one attached hydrogen (secondary N) is 1. The molecule has 1 aliphatic rings. The summed E-state index contributed by atoms with van der Waals surface area (Å²) in [5.41, 5.74) is 6.76. The lowest BCUT2D eigenvalue weighted by molar-refractivity contribution is 0.102. The van der Waals surface area contributed by atoms with Crippen LogP contribution in [0.1, 0.15) is 16.9 Å². The van der Waals surface area contributed by atoms with E-state index in [0.717, 1.165) is 6.07 Å². The zero-order valence-corrected chi connectivity index (χ0v) is 16.5. The minimum atomic E-state index is -0.732. The summed E-state index contributed by atoms with van der Waals surface area (Å²) in [7, 11) is 0. The summed E-state index contributed by atoms with van der Waals surface area (Å²) in [4.78, 5) is 22.9. The highest BCUT2D eigenvalue weighted by Crippen LogP contribution is 2.28. The normalized spacial score (nSPS) is 18.6. The zero-order chi connectivity index (χ0) is 22.0. The number of hydrogen-bond acceptors (Lipinski definition) is 6.